The monoisotopic (exact) mass is 186 g/mol. The van der Waals surface area contributed by atoms with Crippen molar-refractivity contribution in [3.05, 3.63) is 10.4 Å². The van der Waals surface area contributed by atoms with Gasteiger partial charge in [-0.05, 0) is 12.0 Å². The molecular formula is C6H10N4O3. The van der Waals surface area contributed by atoms with Gasteiger partial charge in [-0.2, -0.15) is 0 Å². The zero-order valence-corrected chi connectivity index (χ0v) is 7.17. The summed E-state index contributed by atoms with van der Waals surface area (Å²) in [7, 11) is 1.27. The molecule has 0 aliphatic carbocycles. The van der Waals surface area contributed by atoms with E-state index in [1.807, 2.05) is 0 Å². The number of carbonyl (C=O) groups is 1. The van der Waals surface area contributed by atoms with Gasteiger partial charge in [0.05, 0.1) is 25.8 Å². The Bertz CT molecular complexity index is 244. The number of hydrogen-bond donors (Lipinski definition) is 1. The Morgan fingerprint density at radius 3 is 2.77 bits per heavy atom. The first-order valence-corrected chi connectivity index (χ1v) is 3.52. The molecule has 0 amide bonds. The van der Waals surface area contributed by atoms with Crippen LogP contribution in [-0.2, 0) is 9.53 Å². The Morgan fingerprint density at radius 1 is 1.62 bits per heavy atom. The summed E-state index contributed by atoms with van der Waals surface area (Å²) in [5.41, 5.74) is 8.22. The van der Waals surface area contributed by atoms with Gasteiger partial charge in [-0.3, -0.25) is 4.79 Å². The first-order valence-electron chi connectivity index (χ1n) is 3.52. The predicted molar refractivity (Wildman–Crippen MR) is 44.5 cm³/mol. The Labute approximate surface area is 74.6 Å². The van der Waals surface area contributed by atoms with E-state index in [0.29, 0.717) is 0 Å². The Hall–Kier alpha value is -1.75. The molecule has 1 N–H and O–H groups in total. The summed E-state index contributed by atoms with van der Waals surface area (Å²) in [5.74, 6) is -0.401. The highest BCUT2D eigenvalue weighted by Crippen LogP contribution is 1.96. The Balaban J connectivity index is 3.86. The van der Waals surface area contributed by atoms with Gasteiger partial charge in [0, 0.05) is 4.91 Å². The van der Waals surface area contributed by atoms with Crippen molar-refractivity contribution < 1.29 is 14.7 Å². The van der Waals surface area contributed by atoms with Gasteiger partial charge in [-0.25, -0.2) is 0 Å². The second-order valence-electron chi connectivity index (χ2n) is 2.13. The van der Waals surface area contributed by atoms with E-state index in [1.165, 1.54) is 7.11 Å². The standard InChI is InChI=1S/C6H10N4O3/c1-13-6(11)3-2-5(9-12)4-8-10-7/h12H,2-4H2,1H3/b9-5+. The number of esters is 1. The first kappa shape index (κ1) is 11.2. The van der Waals surface area contributed by atoms with Gasteiger partial charge in [0.1, 0.15) is 0 Å². The average Bonchev–Trinajstić information content (AvgIpc) is 2.17. The number of nitrogens with zero attached hydrogens (tertiary/aromatic N) is 4. The molecule has 0 unspecified atom stereocenters. The fourth-order valence-corrected chi connectivity index (χ4v) is 0.622. The molecule has 0 spiro atoms. The van der Waals surface area contributed by atoms with Crippen LogP contribution in [0, 0.1) is 0 Å². The lowest BCUT2D eigenvalue weighted by molar-refractivity contribution is -0.140. The van der Waals surface area contributed by atoms with Gasteiger partial charge in [0.15, 0.2) is 0 Å². The molecule has 0 fully saturated rings. The van der Waals surface area contributed by atoms with E-state index in [0.717, 1.165) is 0 Å². The summed E-state index contributed by atoms with van der Waals surface area (Å²) in [6.45, 7) is -0.0377. The molecule has 7 heteroatoms. The van der Waals surface area contributed by atoms with Gasteiger partial charge in [0.2, 0.25) is 0 Å². The molecule has 0 heterocycles. The molecule has 0 rings (SSSR count). The number of oxime groups is 1. The molecule has 0 aromatic rings. The molecule has 72 valence electrons. The molecule has 0 aliphatic rings. The molecule has 0 aromatic heterocycles. The largest absolute Gasteiger partial charge is 0.469 e. The van der Waals surface area contributed by atoms with E-state index in [9.17, 15) is 4.79 Å². The van der Waals surface area contributed by atoms with Gasteiger partial charge in [-0.1, -0.05) is 10.3 Å². The van der Waals surface area contributed by atoms with Crippen molar-refractivity contribution in [2.45, 2.75) is 12.8 Å². The summed E-state index contributed by atoms with van der Waals surface area (Å²) in [5, 5.41) is 14.5. The van der Waals surface area contributed by atoms with E-state index < -0.39 is 5.97 Å². The zero-order valence-electron chi connectivity index (χ0n) is 7.17. The Morgan fingerprint density at radius 2 is 2.31 bits per heavy atom. The van der Waals surface area contributed by atoms with Crippen molar-refractivity contribution >= 4 is 11.7 Å². The van der Waals surface area contributed by atoms with Gasteiger partial charge < -0.3 is 9.94 Å². The molecule has 0 saturated carbocycles. The summed E-state index contributed by atoms with van der Waals surface area (Å²) in [4.78, 5) is 13.1. The lowest BCUT2D eigenvalue weighted by Gasteiger charge is -1.98. The smallest absolute Gasteiger partial charge is 0.305 e. The number of carbonyl (C=O) groups excluding carboxylic acids is 1. The van der Waals surface area contributed by atoms with E-state index in [1.54, 1.807) is 0 Å². The molecule has 0 aliphatic heterocycles. The minimum absolute atomic E-state index is 0.0377. The third-order valence-electron chi connectivity index (χ3n) is 1.30. The van der Waals surface area contributed by atoms with Gasteiger partial charge in [-0.15, -0.1) is 0 Å². The molecule has 7 nitrogen and oxygen atoms in total. The first-order chi connectivity index (χ1) is 6.24. The van der Waals surface area contributed by atoms with E-state index in [-0.39, 0.29) is 25.1 Å². The van der Waals surface area contributed by atoms with Crippen LogP contribution in [0.5, 0.6) is 0 Å². The van der Waals surface area contributed by atoms with Crippen LogP contribution in [-0.4, -0.2) is 30.5 Å². The molecule has 0 aromatic carbocycles. The van der Waals surface area contributed by atoms with Crippen LogP contribution in [0.2, 0.25) is 0 Å². The fraction of sp³-hybridized carbons (Fsp3) is 0.667. The molecule has 0 atom stereocenters. The number of hydrogen-bond acceptors (Lipinski definition) is 5. The topological polar surface area (TPSA) is 108 Å². The molecular weight excluding hydrogens is 176 g/mol. The van der Waals surface area contributed by atoms with E-state index in [2.05, 4.69) is 19.9 Å². The van der Waals surface area contributed by atoms with Crippen LogP contribution < -0.4 is 0 Å². The zero-order chi connectivity index (χ0) is 10.1. The predicted octanol–water partition coefficient (Wildman–Crippen LogP) is 1.08. The maximum Gasteiger partial charge on any atom is 0.305 e. The third-order valence-corrected chi connectivity index (χ3v) is 1.30. The molecule has 0 bridgehead atoms. The minimum atomic E-state index is -0.401. The Kier molecular flexibility index (Phi) is 6.00. The minimum Gasteiger partial charge on any atom is -0.469 e. The van der Waals surface area contributed by atoms with Crippen LogP contribution in [0.3, 0.4) is 0 Å². The van der Waals surface area contributed by atoms with E-state index >= 15 is 0 Å². The second kappa shape index (κ2) is 6.93. The second-order valence-corrected chi connectivity index (χ2v) is 2.13. The van der Waals surface area contributed by atoms with Crippen LogP contribution in [0.1, 0.15) is 12.8 Å². The maximum atomic E-state index is 10.6. The summed E-state index contributed by atoms with van der Waals surface area (Å²) < 4.78 is 4.37. The molecule has 13 heavy (non-hydrogen) atoms. The van der Waals surface area contributed by atoms with E-state index in [4.69, 9.17) is 10.7 Å². The van der Waals surface area contributed by atoms with Crippen LogP contribution >= 0.6 is 0 Å². The number of rotatable bonds is 5. The lowest BCUT2D eigenvalue weighted by Crippen LogP contribution is -2.08. The lowest BCUT2D eigenvalue weighted by atomic mass is 10.2. The van der Waals surface area contributed by atoms with Crippen LogP contribution in [0.25, 0.3) is 10.4 Å². The molecule has 0 saturated heterocycles. The number of azide groups is 1. The van der Waals surface area contributed by atoms with Crippen LogP contribution in [0.4, 0.5) is 0 Å². The maximum absolute atomic E-state index is 10.6. The number of ether oxygens (including phenoxy) is 1. The van der Waals surface area contributed by atoms with Gasteiger partial charge >= 0.3 is 5.97 Å². The quantitative estimate of drug-likeness (QED) is 0.132. The van der Waals surface area contributed by atoms with Crippen molar-refractivity contribution in [2.75, 3.05) is 13.7 Å². The van der Waals surface area contributed by atoms with Crippen molar-refractivity contribution in [3.8, 4) is 0 Å². The summed E-state index contributed by atoms with van der Waals surface area (Å²) in [6, 6.07) is 0. The van der Waals surface area contributed by atoms with Crippen molar-refractivity contribution in [2.24, 2.45) is 10.3 Å². The highest BCUT2D eigenvalue weighted by molar-refractivity contribution is 5.88. The summed E-state index contributed by atoms with van der Waals surface area (Å²) in [6.07, 6.45) is 0.332. The molecule has 0 radical (unpaired) electrons. The SMILES string of the molecule is COC(=O)CC/C(CN=[N+]=[N-])=N\O. The third kappa shape index (κ3) is 5.51. The van der Waals surface area contributed by atoms with Crippen molar-refractivity contribution in [1.29, 1.82) is 0 Å². The van der Waals surface area contributed by atoms with Crippen molar-refractivity contribution in [3.63, 3.8) is 0 Å². The van der Waals surface area contributed by atoms with Gasteiger partial charge in [0.25, 0.3) is 0 Å². The van der Waals surface area contributed by atoms with Crippen molar-refractivity contribution in [1.82, 2.24) is 0 Å². The normalized spacial score (nSPS) is 10.4. The summed E-state index contributed by atoms with van der Waals surface area (Å²) >= 11 is 0. The van der Waals surface area contributed by atoms with Crippen LogP contribution in [0.15, 0.2) is 10.3 Å². The fourth-order valence-electron chi connectivity index (χ4n) is 0.622. The number of methoxy groups -OCH3 is 1. The highest BCUT2D eigenvalue weighted by Gasteiger charge is 2.04. The average molecular weight is 186 g/mol. The highest BCUT2D eigenvalue weighted by atomic mass is 16.5.